The smallest absolute Gasteiger partial charge is 0.255 e. The third-order valence-electron chi connectivity index (χ3n) is 4.14. The minimum atomic E-state index is -0.316. The van der Waals surface area contributed by atoms with E-state index in [-0.39, 0.29) is 17.8 Å². The molecular formula is C22H19ClFNO2. The van der Waals surface area contributed by atoms with Crippen LogP contribution in [-0.2, 0) is 6.61 Å². The van der Waals surface area contributed by atoms with Gasteiger partial charge >= 0.3 is 0 Å². The van der Waals surface area contributed by atoms with Gasteiger partial charge in [0.15, 0.2) is 0 Å². The lowest BCUT2D eigenvalue weighted by atomic mass is 10.1. The molecule has 1 amide bonds. The van der Waals surface area contributed by atoms with Crippen LogP contribution < -0.4 is 10.1 Å². The summed E-state index contributed by atoms with van der Waals surface area (Å²) < 4.78 is 18.9. The van der Waals surface area contributed by atoms with Gasteiger partial charge < -0.3 is 10.1 Å². The minimum Gasteiger partial charge on any atom is -0.488 e. The first-order chi connectivity index (χ1) is 13.0. The summed E-state index contributed by atoms with van der Waals surface area (Å²) in [5.74, 6) is -0.173. The van der Waals surface area contributed by atoms with Crippen LogP contribution in [0.3, 0.4) is 0 Å². The molecule has 138 valence electrons. The highest BCUT2D eigenvalue weighted by Crippen LogP contribution is 2.25. The van der Waals surface area contributed by atoms with Gasteiger partial charge in [0.05, 0.1) is 11.6 Å². The molecule has 0 heterocycles. The Balaban J connectivity index is 1.75. The lowest BCUT2D eigenvalue weighted by Crippen LogP contribution is -2.27. The summed E-state index contributed by atoms with van der Waals surface area (Å²) in [4.78, 5) is 12.8. The fraction of sp³-hybridized carbons (Fsp3) is 0.136. The molecule has 3 aromatic rings. The molecule has 1 N–H and O–H groups in total. The van der Waals surface area contributed by atoms with E-state index in [2.05, 4.69) is 5.32 Å². The van der Waals surface area contributed by atoms with Crippen LogP contribution >= 0.6 is 11.6 Å². The zero-order valence-electron chi connectivity index (χ0n) is 14.8. The van der Waals surface area contributed by atoms with E-state index in [1.165, 1.54) is 12.1 Å². The van der Waals surface area contributed by atoms with Crippen LogP contribution in [0.25, 0.3) is 0 Å². The maximum absolute atomic E-state index is 13.1. The SMILES string of the molecule is CC(NC(=O)c1cc(Cl)ccc1OCc1ccccc1)c1ccc(F)cc1. The Labute approximate surface area is 162 Å². The first-order valence-electron chi connectivity index (χ1n) is 8.55. The average Bonchev–Trinajstić information content (AvgIpc) is 2.68. The van der Waals surface area contributed by atoms with E-state index >= 15 is 0 Å². The minimum absolute atomic E-state index is 0.293. The lowest BCUT2D eigenvalue weighted by Gasteiger charge is -2.17. The highest BCUT2D eigenvalue weighted by Gasteiger charge is 2.17. The number of carbonyl (C=O) groups excluding carboxylic acids is 1. The molecule has 0 saturated carbocycles. The first kappa shape index (κ1) is 18.9. The molecule has 0 saturated heterocycles. The van der Waals surface area contributed by atoms with Crippen molar-refractivity contribution < 1.29 is 13.9 Å². The van der Waals surface area contributed by atoms with E-state index in [4.69, 9.17) is 16.3 Å². The average molecular weight is 384 g/mol. The van der Waals surface area contributed by atoms with Crippen LogP contribution in [0.1, 0.15) is 34.5 Å². The highest BCUT2D eigenvalue weighted by molar-refractivity contribution is 6.31. The van der Waals surface area contributed by atoms with Crippen molar-refractivity contribution in [3.63, 3.8) is 0 Å². The molecule has 3 aromatic carbocycles. The Morgan fingerprint density at radius 3 is 2.48 bits per heavy atom. The molecule has 27 heavy (non-hydrogen) atoms. The summed E-state index contributed by atoms with van der Waals surface area (Å²) in [5, 5.41) is 3.34. The van der Waals surface area contributed by atoms with Gasteiger partial charge in [0.25, 0.3) is 5.91 Å². The molecule has 0 spiro atoms. The molecule has 1 atom stereocenters. The number of hydrogen-bond donors (Lipinski definition) is 1. The molecule has 0 aliphatic carbocycles. The van der Waals surface area contributed by atoms with Crippen molar-refractivity contribution in [2.45, 2.75) is 19.6 Å². The van der Waals surface area contributed by atoms with Gasteiger partial charge in [-0.15, -0.1) is 0 Å². The van der Waals surface area contributed by atoms with Crippen molar-refractivity contribution in [1.82, 2.24) is 5.32 Å². The quantitative estimate of drug-likeness (QED) is 0.606. The van der Waals surface area contributed by atoms with Crippen molar-refractivity contribution in [3.05, 3.63) is 100 Å². The van der Waals surface area contributed by atoms with Crippen LogP contribution in [0.4, 0.5) is 4.39 Å². The van der Waals surface area contributed by atoms with E-state index in [1.54, 1.807) is 30.3 Å². The number of ether oxygens (including phenoxy) is 1. The second-order valence-corrected chi connectivity index (χ2v) is 6.60. The molecule has 0 aliphatic heterocycles. The van der Waals surface area contributed by atoms with Crippen molar-refractivity contribution in [3.8, 4) is 5.75 Å². The summed E-state index contributed by atoms with van der Waals surface area (Å²) in [5.41, 5.74) is 2.16. The van der Waals surface area contributed by atoms with E-state index in [0.717, 1.165) is 11.1 Å². The monoisotopic (exact) mass is 383 g/mol. The number of amides is 1. The zero-order valence-corrected chi connectivity index (χ0v) is 15.5. The second kappa shape index (κ2) is 8.69. The number of carbonyl (C=O) groups is 1. The number of halogens is 2. The predicted octanol–water partition coefficient (Wildman–Crippen LogP) is 5.55. The van der Waals surface area contributed by atoms with Crippen LogP contribution in [0.2, 0.25) is 5.02 Å². The van der Waals surface area contributed by atoms with Gasteiger partial charge in [-0.25, -0.2) is 4.39 Å². The lowest BCUT2D eigenvalue weighted by molar-refractivity contribution is 0.0935. The van der Waals surface area contributed by atoms with Gasteiger partial charge in [-0.3, -0.25) is 4.79 Å². The number of benzene rings is 3. The predicted molar refractivity (Wildman–Crippen MR) is 105 cm³/mol. The first-order valence-corrected chi connectivity index (χ1v) is 8.93. The topological polar surface area (TPSA) is 38.3 Å². The Morgan fingerprint density at radius 2 is 1.78 bits per heavy atom. The third-order valence-corrected chi connectivity index (χ3v) is 4.38. The Bertz CT molecular complexity index is 913. The van der Waals surface area contributed by atoms with Gasteiger partial charge in [-0.05, 0) is 48.4 Å². The van der Waals surface area contributed by atoms with Gasteiger partial charge in [0, 0.05) is 5.02 Å². The van der Waals surface area contributed by atoms with Gasteiger partial charge in [-0.1, -0.05) is 54.1 Å². The van der Waals surface area contributed by atoms with E-state index in [9.17, 15) is 9.18 Å². The number of nitrogens with one attached hydrogen (secondary N) is 1. The molecule has 0 radical (unpaired) electrons. The summed E-state index contributed by atoms with van der Waals surface area (Å²) in [6, 6.07) is 20.4. The van der Waals surface area contributed by atoms with Crippen molar-refractivity contribution in [2.75, 3.05) is 0 Å². The zero-order chi connectivity index (χ0) is 19.2. The van der Waals surface area contributed by atoms with Crippen LogP contribution in [0.5, 0.6) is 5.75 Å². The molecule has 0 bridgehead atoms. The van der Waals surface area contributed by atoms with Crippen LogP contribution in [-0.4, -0.2) is 5.91 Å². The number of rotatable bonds is 6. The van der Waals surface area contributed by atoms with E-state index < -0.39 is 0 Å². The van der Waals surface area contributed by atoms with Crippen molar-refractivity contribution >= 4 is 17.5 Å². The van der Waals surface area contributed by atoms with E-state index in [1.807, 2.05) is 37.3 Å². The molecule has 0 aliphatic rings. The van der Waals surface area contributed by atoms with Gasteiger partial charge in [0.2, 0.25) is 0 Å². The van der Waals surface area contributed by atoms with Crippen molar-refractivity contribution in [2.24, 2.45) is 0 Å². The molecule has 1 unspecified atom stereocenters. The summed E-state index contributed by atoms with van der Waals surface area (Å²) in [6.07, 6.45) is 0. The molecule has 0 aromatic heterocycles. The third kappa shape index (κ3) is 5.08. The molecule has 3 rings (SSSR count). The summed E-state index contributed by atoms with van der Waals surface area (Å²) >= 11 is 6.07. The van der Waals surface area contributed by atoms with Crippen LogP contribution in [0.15, 0.2) is 72.8 Å². The second-order valence-electron chi connectivity index (χ2n) is 6.16. The largest absolute Gasteiger partial charge is 0.488 e. The Morgan fingerprint density at radius 1 is 1.07 bits per heavy atom. The molecule has 5 heteroatoms. The molecule has 0 fully saturated rings. The van der Waals surface area contributed by atoms with Gasteiger partial charge in [0.1, 0.15) is 18.2 Å². The van der Waals surface area contributed by atoms with Gasteiger partial charge in [-0.2, -0.15) is 0 Å². The van der Waals surface area contributed by atoms with Crippen molar-refractivity contribution in [1.29, 1.82) is 0 Å². The maximum atomic E-state index is 13.1. The number of hydrogen-bond acceptors (Lipinski definition) is 2. The Hall–Kier alpha value is -2.85. The maximum Gasteiger partial charge on any atom is 0.255 e. The standard InChI is InChI=1S/C22H19ClFNO2/c1-15(17-7-10-19(24)11-8-17)25-22(26)20-13-18(23)9-12-21(20)27-14-16-5-3-2-4-6-16/h2-13,15H,14H2,1H3,(H,25,26). The molecular weight excluding hydrogens is 365 g/mol. The molecule has 3 nitrogen and oxygen atoms in total. The Kier molecular flexibility index (Phi) is 6.09. The fourth-order valence-electron chi connectivity index (χ4n) is 2.65. The van der Waals surface area contributed by atoms with E-state index in [0.29, 0.717) is 22.9 Å². The highest BCUT2D eigenvalue weighted by atomic mass is 35.5. The normalized spacial score (nSPS) is 11.7. The summed E-state index contributed by atoms with van der Waals surface area (Å²) in [7, 11) is 0. The van der Waals surface area contributed by atoms with Crippen LogP contribution in [0, 0.1) is 5.82 Å². The fourth-order valence-corrected chi connectivity index (χ4v) is 2.82. The summed E-state index contributed by atoms with van der Waals surface area (Å²) in [6.45, 7) is 2.18.